The first kappa shape index (κ1) is 12.4. The first-order valence-electron chi connectivity index (χ1n) is 6.93. The van der Waals surface area contributed by atoms with E-state index in [0.717, 1.165) is 18.9 Å². The van der Waals surface area contributed by atoms with Crippen LogP contribution in [0.25, 0.3) is 0 Å². The van der Waals surface area contributed by atoms with Crippen molar-refractivity contribution in [3.63, 3.8) is 0 Å². The fourth-order valence-electron chi connectivity index (χ4n) is 3.25. The molecule has 5 nitrogen and oxygen atoms in total. The van der Waals surface area contributed by atoms with Crippen molar-refractivity contribution >= 4 is 11.7 Å². The summed E-state index contributed by atoms with van der Waals surface area (Å²) in [5, 5.41) is 9.39. The normalized spacial score (nSPS) is 25.3. The Morgan fingerprint density at radius 2 is 2.26 bits per heavy atom. The Kier molecular flexibility index (Phi) is 2.92. The van der Waals surface area contributed by atoms with Gasteiger partial charge >= 0.3 is 5.97 Å². The average molecular weight is 261 g/mol. The zero-order valence-electron chi connectivity index (χ0n) is 11.3. The molecule has 1 saturated heterocycles. The van der Waals surface area contributed by atoms with Gasteiger partial charge in [0.15, 0.2) is 5.69 Å². The van der Waals surface area contributed by atoms with Crippen molar-refractivity contribution in [2.45, 2.75) is 45.1 Å². The van der Waals surface area contributed by atoms with E-state index >= 15 is 0 Å². The van der Waals surface area contributed by atoms with E-state index in [9.17, 15) is 9.90 Å². The van der Waals surface area contributed by atoms with Gasteiger partial charge in [0.2, 0.25) is 0 Å². The summed E-state index contributed by atoms with van der Waals surface area (Å²) in [6.45, 7) is 4.90. The highest BCUT2D eigenvalue weighted by Crippen LogP contribution is 2.40. The van der Waals surface area contributed by atoms with Gasteiger partial charge in [-0.3, -0.25) is 0 Å². The molecule has 0 amide bonds. The number of hydrogen-bond acceptors (Lipinski definition) is 4. The average Bonchev–Trinajstić information content (AvgIpc) is 3.00. The van der Waals surface area contributed by atoms with E-state index in [0.29, 0.717) is 17.6 Å². The number of carboxylic acids is 1. The summed E-state index contributed by atoms with van der Waals surface area (Å²) < 4.78 is 0. The fraction of sp³-hybridized carbons (Fsp3) is 0.643. The maximum atomic E-state index is 11.4. The lowest BCUT2D eigenvalue weighted by molar-refractivity contribution is 0.0690. The van der Waals surface area contributed by atoms with E-state index < -0.39 is 5.97 Å². The molecule has 1 aromatic rings. The quantitative estimate of drug-likeness (QED) is 0.904. The molecule has 2 fully saturated rings. The van der Waals surface area contributed by atoms with Gasteiger partial charge in [0.25, 0.3) is 0 Å². The Morgan fingerprint density at radius 3 is 2.79 bits per heavy atom. The summed E-state index contributed by atoms with van der Waals surface area (Å²) in [7, 11) is 0. The van der Waals surface area contributed by atoms with Gasteiger partial charge in [0.05, 0.1) is 11.9 Å². The van der Waals surface area contributed by atoms with E-state index in [4.69, 9.17) is 0 Å². The Balaban J connectivity index is 1.99. The van der Waals surface area contributed by atoms with Gasteiger partial charge in [-0.25, -0.2) is 14.8 Å². The van der Waals surface area contributed by atoms with E-state index in [1.807, 2.05) is 13.8 Å². The molecule has 2 atom stereocenters. The second-order valence-electron chi connectivity index (χ2n) is 5.91. The fourth-order valence-corrected chi connectivity index (χ4v) is 3.25. The van der Waals surface area contributed by atoms with Crippen LogP contribution < -0.4 is 4.90 Å². The van der Waals surface area contributed by atoms with Crippen molar-refractivity contribution < 1.29 is 9.90 Å². The molecule has 3 rings (SSSR count). The predicted octanol–water partition coefficient (Wildman–Crippen LogP) is 2.29. The molecule has 19 heavy (non-hydrogen) atoms. The van der Waals surface area contributed by atoms with E-state index in [-0.39, 0.29) is 11.6 Å². The zero-order valence-corrected chi connectivity index (χ0v) is 11.3. The SMILES string of the molecule is CC(C)c1ncc(N2CC3CCC2C3)c(C(=O)O)n1. The van der Waals surface area contributed by atoms with Crippen molar-refractivity contribution in [2.24, 2.45) is 5.92 Å². The molecule has 2 aliphatic rings. The molecule has 1 aliphatic heterocycles. The second-order valence-corrected chi connectivity index (χ2v) is 5.91. The molecule has 2 unspecified atom stereocenters. The van der Waals surface area contributed by atoms with Crippen LogP contribution in [-0.4, -0.2) is 33.6 Å². The molecule has 1 N–H and O–H groups in total. The molecule has 0 spiro atoms. The van der Waals surface area contributed by atoms with Gasteiger partial charge in [-0.1, -0.05) is 13.8 Å². The van der Waals surface area contributed by atoms with Crippen LogP contribution in [0.5, 0.6) is 0 Å². The number of hydrogen-bond donors (Lipinski definition) is 1. The summed E-state index contributed by atoms with van der Waals surface area (Å²) in [6, 6.07) is 0.483. The molecule has 1 aliphatic carbocycles. The Hall–Kier alpha value is -1.65. The Morgan fingerprint density at radius 1 is 1.47 bits per heavy atom. The maximum Gasteiger partial charge on any atom is 0.356 e. The number of nitrogens with zero attached hydrogens (tertiary/aromatic N) is 3. The standard InChI is InChI=1S/C14H19N3O2/c1-8(2)13-15-6-11(12(16-13)14(18)19)17-7-9-3-4-10(17)5-9/h6,8-10H,3-5,7H2,1-2H3,(H,18,19). The number of aromatic nitrogens is 2. The van der Waals surface area contributed by atoms with Gasteiger partial charge in [-0.05, 0) is 25.2 Å². The van der Waals surface area contributed by atoms with Crippen LogP contribution in [0, 0.1) is 5.92 Å². The van der Waals surface area contributed by atoms with Crippen LogP contribution >= 0.6 is 0 Å². The Labute approximate surface area is 112 Å². The molecule has 2 heterocycles. The van der Waals surface area contributed by atoms with Crippen molar-refractivity contribution in [2.75, 3.05) is 11.4 Å². The molecule has 1 saturated carbocycles. The van der Waals surface area contributed by atoms with Crippen LogP contribution in [0.1, 0.15) is 55.3 Å². The first-order valence-corrected chi connectivity index (χ1v) is 6.93. The van der Waals surface area contributed by atoms with Crippen LogP contribution in [0.15, 0.2) is 6.20 Å². The number of rotatable bonds is 3. The molecule has 1 aromatic heterocycles. The largest absolute Gasteiger partial charge is 0.476 e. The predicted molar refractivity (Wildman–Crippen MR) is 71.6 cm³/mol. The van der Waals surface area contributed by atoms with Crippen molar-refractivity contribution in [1.82, 2.24) is 9.97 Å². The number of fused-ring (bicyclic) bond motifs is 2. The third kappa shape index (κ3) is 2.07. The topological polar surface area (TPSA) is 66.3 Å². The maximum absolute atomic E-state index is 11.4. The van der Waals surface area contributed by atoms with E-state index in [1.54, 1.807) is 6.20 Å². The monoisotopic (exact) mass is 261 g/mol. The molecule has 2 bridgehead atoms. The zero-order chi connectivity index (χ0) is 13.6. The summed E-state index contributed by atoms with van der Waals surface area (Å²) in [5.74, 6) is 0.506. The number of carbonyl (C=O) groups is 1. The molecule has 5 heteroatoms. The van der Waals surface area contributed by atoms with Gasteiger partial charge in [0, 0.05) is 18.5 Å². The number of piperidine rings is 1. The van der Waals surface area contributed by atoms with Gasteiger partial charge in [-0.15, -0.1) is 0 Å². The van der Waals surface area contributed by atoms with Gasteiger partial charge in [-0.2, -0.15) is 0 Å². The van der Waals surface area contributed by atoms with Crippen molar-refractivity contribution in [3.05, 3.63) is 17.7 Å². The number of aromatic carboxylic acids is 1. The highest BCUT2D eigenvalue weighted by atomic mass is 16.4. The minimum absolute atomic E-state index is 0.141. The lowest BCUT2D eigenvalue weighted by atomic mass is 10.1. The summed E-state index contributed by atoms with van der Waals surface area (Å²) in [5.41, 5.74) is 0.857. The van der Waals surface area contributed by atoms with Crippen LogP contribution in [0.2, 0.25) is 0 Å². The third-order valence-electron chi connectivity index (χ3n) is 4.23. The first-order chi connectivity index (χ1) is 9.06. The Bertz CT molecular complexity index is 515. The molecular weight excluding hydrogens is 242 g/mol. The highest BCUT2D eigenvalue weighted by Gasteiger charge is 2.39. The highest BCUT2D eigenvalue weighted by molar-refractivity contribution is 5.92. The summed E-state index contributed by atoms with van der Waals surface area (Å²) in [6.07, 6.45) is 5.32. The van der Waals surface area contributed by atoms with E-state index in [2.05, 4.69) is 14.9 Å². The second kappa shape index (κ2) is 4.47. The molecule has 0 aromatic carbocycles. The lowest BCUT2D eigenvalue weighted by Crippen LogP contribution is -2.33. The van der Waals surface area contributed by atoms with Crippen molar-refractivity contribution in [3.8, 4) is 0 Å². The molecule has 102 valence electrons. The van der Waals surface area contributed by atoms with Gasteiger partial charge in [0.1, 0.15) is 5.82 Å². The van der Waals surface area contributed by atoms with Crippen LogP contribution in [-0.2, 0) is 0 Å². The molecular formula is C14H19N3O2. The third-order valence-corrected chi connectivity index (χ3v) is 4.23. The summed E-state index contributed by atoms with van der Waals surface area (Å²) in [4.78, 5) is 22.2. The van der Waals surface area contributed by atoms with E-state index in [1.165, 1.54) is 12.8 Å². The minimum Gasteiger partial charge on any atom is -0.476 e. The summed E-state index contributed by atoms with van der Waals surface area (Å²) >= 11 is 0. The van der Waals surface area contributed by atoms with Gasteiger partial charge < -0.3 is 10.0 Å². The molecule has 0 radical (unpaired) electrons. The van der Waals surface area contributed by atoms with Crippen LogP contribution in [0.3, 0.4) is 0 Å². The number of carboxylic acid groups (broad SMARTS) is 1. The van der Waals surface area contributed by atoms with Crippen LogP contribution in [0.4, 0.5) is 5.69 Å². The minimum atomic E-state index is -0.956. The number of anilines is 1. The lowest BCUT2D eigenvalue weighted by Gasteiger charge is -2.29. The smallest absolute Gasteiger partial charge is 0.356 e. The van der Waals surface area contributed by atoms with Crippen molar-refractivity contribution in [1.29, 1.82) is 0 Å².